The Morgan fingerprint density at radius 2 is 1.78 bits per heavy atom. The van der Waals surface area contributed by atoms with Crippen molar-refractivity contribution in [2.45, 2.75) is 44.9 Å². The second-order valence-corrected chi connectivity index (χ2v) is 10.2. The first kappa shape index (κ1) is 23.3. The van der Waals surface area contributed by atoms with Gasteiger partial charge < -0.3 is 15.0 Å². The van der Waals surface area contributed by atoms with Crippen molar-refractivity contribution in [3.63, 3.8) is 0 Å². The number of aryl methyl sites for hydroxylation is 1. The van der Waals surface area contributed by atoms with Crippen molar-refractivity contribution in [3.8, 4) is 11.1 Å². The van der Waals surface area contributed by atoms with Gasteiger partial charge in [-0.15, -0.1) is 0 Å². The van der Waals surface area contributed by atoms with Crippen LogP contribution in [0.3, 0.4) is 0 Å². The maximum absolute atomic E-state index is 13.1. The van der Waals surface area contributed by atoms with E-state index in [1.54, 1.807) is 0 Å². The van der Waals surface area contributed by atoms with Crippen molar-refractivity contribution < 1.29 is 9.53 Å². The molecule has 1 fully saturated rings. The number of carbonyl (C=O) groups is 1. The van der Waals surface area contributed by atoms with Crippen molar-refractivity contribution in [2.75, 3.05) is 38.2 Å². The van der Waals surface area contributed by atoms with Gasteiger partial charge in [-0.1, -0.05) is 42.8 Å². The minimum atomic E-state index is -0.0146. The molecule has 0 saturated carbocycles. The van der Waals surface area contributed by atoms with Gasteiger partial charge in [-0.2, -0.15) is 0 Å². The van der Waals surface area contributed by atoms with Crippen molar-refractivity contribution in [3.05, 3.63) is 76.6 Å². The van der Waals surface area contributed by atoms with Crippen LogP contribution >= 0.6 is 0 Å². The van der Waals surface area contributed by atoms with E-state index in [1.165, 1.54) is 36.1 Å². The Hall–Kier alpha value is -3.15. The minimum Gasteiger partial charge on any atom is -0.379 e. The summed E-state index contributed by atoms with van der Waals surface area (Å²) in [6.07, 6.45) is 10.3. The predicted molar refractivity (Wildman–Crippen MR) is 146 cm³/mol. The average molecular weight is 482 g/mol. The Balaban J connectivity index is 1.33. The summed E-state index contributed by atoms with van der Waals surface area (Å²) in [6, 6.07) is 16.6. The number of benzene rings is 2. The molecule has 5 heteroatoms. The number of hydrogen-bond donors (Lipinski definition) is 2. The normalized spacial score (nSPS) is 19.1. The summed E-state index contributed by atoms with van der Waals surface area (Å²) in [5, 5.41) is 3.08. The van der Waals surface area contributed by atoms with Crippen LogP contribution < -0.4 is 5.32 Å². The first-order chi connectivity index (χ1) is 17.8. The summed E-state index contributed by atoms with van der Waals surface area (Å²) in [7, 11) is 0. The van der Waals surface area contributed by atoms with Crippen LogP contribution in [0.5, 0.6) is 0 Å². The molecule has 5 nitrogen and oxygen atoms in total. The number of amides is 1. The Bertz CT molecular complexity index is 1270. The molecule has 0 unspecified atom stereocenters. The Morgan fingerprint density at radius 3 is 2.64 bits per heavy atom. The third kappa shape index (κ3) is 4.78. The van der Waals surface area contributed by atoms with Crippen LogP contribution in [-0.4, -0.2) is 48.6 Å². The quantitative estimate of drug-likeness (QED) is 0.350. The number of anilines is 1. The Kier molecular flexibility index (Phi) is 6.75. The molecule has 3 aromatic rings. The van der Waals surface area contributed by atoms with Crippen molar-refractivity contribution in [1.29, 1.82) is 0 Å². The molecule has 2 aromatic carbocycles. The molecule has 0 atom stereocenters. The molecule has 3 aliphatic rings. The lowest BCUT2D eigenvalue weighted by atomic mass is 9.96. The summed E-state index contributed by atoms with van der Waals surface area (Å²) >= 11 is 0. The molecular weight excluding hydrogens is 446 g/mol. The van der Waals surface area contributed by atoms with Crippen LogP contribution in [0.2, 0.25) is 0 Å². The van der Waals surface area contributed by atoms with E-state index in [-0.39, 0.29) is 5.91 Å². The molecule has 36 heavy (non-hydrogen) atoms. The van der Waals surface area contributed by atoms with Crippen LogP contribution in [-0.2, 0) is 28.8 Å². The monoisotopic (exact) mass is 481 g/mol. The SMILES string of the molecule is O=C1Nc2ccc(-c3ccccc3)cc2/C1=C/c1[nH]c2c(c1CCCN1CCOCC1)CCCCC2. The van der Waals surface area contributed by atoms with Crippen LogP contribution in [0.4, 0.5) is 5.69 Å². The number of fused-ring (bicyclic) bond motifs is 2. The fourth-order valence-corrected chi connectivity index (χ4v) is 5.95. The third-order valence-electron chi connectivity index (χ3n) is 7.90. The van der Waals surface area contributed by atoms with E-state index in [4.69, 9.17) is 4.74 Å². The highest BCUT2D eigenvalue weighted by Crippen LogP contribution is 2.37. The van der Waals surface area contributed by atoms with E-state index >= 15 is 0 Å². The summed E-state index contributed by atoms with van der Waals surface area (Å²) in [5.74, 6) is -0.0146. The molecule has 6 rings (SSSR count). The highest BCUT2D eigenvalue weighted by molar-refractivity contribution is 6.35. The number of aromatic amines is 1. The number of rotatable bonds is 6. The predicted octanol–water partition coefficient (Wildman–Crippen LogP) is 5.71. The molecule has 186 valence electrons. The lowest BCUT2D eigenvalue weighted by molar-refractivity contribution is -0.110. The molecule has 0 spiro atoms. The number of nitrogens with one attached hydrogen (secondary N) is 2. The van der Waals surface area contributed by atoms with Gasteiger partial charge in [0.05, 0.1) is 18.8 Å². The number of nitrogens with zero attached hydrogens (tertiary/aromatic N) is 1. The fraction of sp³-hybridized carbons (Fsp3) is 0.387. The molecule has 1 saturated heterocycles. The summed E-state index contributed by atoms with van der Waals surface area (Å²) in [4.78, 5) is 19.4. The number of aromatic nitrogens is 1. The van der Waals surface area contributed by atoms with Crippen LogP contribution in [0, 0.1) is 0 Å². The van der Waals surface area contributed by atoms with E-state index in [0.717, 1.165) is 92.2 Å². The van der Waals surface area contributed by atoms with E-state index in [1.807, 2.05) is 12.1 Å². The van der Waals surface area contributed by atoms with Crippen LogP contribution in [0.15, 0.2) is 48.5 Å². The summed E-state index contributed by atoms with van der Waals surface area (Å²) in [5.41, 5.74) is 10.4. The smallest absolute Gasteiger partial charge is 0.256 e. The number of carbonyl (C=O) groups excluding carboxylic acids is 1. The fourth-order valence-electron chi connectivity index (χ4n) is 5.95. The van der Waals surface area contributed by atoms with Gasteiger partial charge in [-0.05, 0) is 85.5 Å². The lowest BCUT2D eigenvalue weighted by Crippen LogP contribution is -2.37. The molecular formula is C31H35N3O2. The Labute approximate surface area is 213 Å². The van der Waals surface area contributed by atoms with E-state index in [2.05, 4.69) is 57.7 Å². The second kappa shape index (κ2) is 10.5. The van der Waals surface area contributed by atoms with Crippen LogP contribution in [0.25, 0.3) is 22.8 Å². The molecule has 3 heterocycles. The van der Waals surface area contributed by atoms with Gasteiger partial charge in [-0.3, -0.25) is 9.69 Å². The van der Waals surface area contributed by atoms with Crippen molar-refractivity contribution in [2.24, 2.45) is 0 Å². The number of ether oxygens (including phenoxy) is 1. The zero-order valence-corrected chi connectivity index (χ0v) is 20.9. The van der Waals surface area contributed by atoms with Gasteiger partial charge >= 0.3 is 0 Å². The first-order valence-corrected chi connectivity index (χ1v) is 13.5. The second-order valence-electron chi connectivity index (χ2n) is 10.2. The third-order valence-corrected chi connectivity index (χ3v) is 7.90. The average Bonchev–Trinajstić information content (AvgIpc) is 3.29. The highest BCUT2D eigenvalue weighted by atomic mass is 16.5. The zero-order valence-electron chi connectivity index (χ0n) is 20.9. The van der Waals surface area contributed by atoms with Crippen LogP contribution in [0.1, 0.15) is 53.8 Å². The molecule has 2 aliphatic heterocycles. The molecule has 1 aliphatic carbocycles. The minimum absolute atomic E-state index is 0.0146. The van der Waals surface area contributed by atoms with Gasteiger partial charge in [0.25, 0.3) is 5.91 Å². The summed E-state index contributed by atoms with van der Waals surface area (Å²) in [6.45, 7) is 4.85. The molecule has 0 radical (unpaired) electrons. The van der Waals surface area contributed by atoms with E-state index < -0.39 is 0 Å². The van der Waals surface area contributed by atoms with E-state index in [0.29, 0.717) is 0 Å². The molecule has 0 bridgehead atoms. The van der Waals surface area contributed by atoms with Crippen molar-refractivity contribution in [1.82, 2.24) is 9.88 Å². The highest BCUT2D eigenvalue weighted by Gasteiger charge is 2.26. The number of morpholine rings is 1. The van der Waals surface area contributed by atoms with Gasteiger partial charge in [0.2, 0.25) is 0 Å². The van der Waals surface area contributed by atoms with Crippen molar-refractivity contribution >= 4 is 23.2 Å². The van der Waals surface area contributed by atoms with Gasteiger partial charge in [0.15, 0.2) is 0 Å². The molecule has 2 N–H and O–H groups in total. The largest absolute Gasteiger partial charge is 0.379 e. The maximum Gasteiger partial charge on any atom is 0.256 e. The molecule has 1 aromatic heterocycles. The Morgan fingerprint density at radius 1 is 0.944 bits per heavy atom. The lowest BCUT2D eigenvalue weighted by Gasteiger charge is -2.26. The topological polar surface area (TPSA) is 57.4 Å². The first-order valence-electron chi connectivity index (χ1n) is 13.5. The summed E-state index contributed by atoms with van der Waals surface area (Å²) < 4.78 is 5.52. The molecule has 1 amide bonds. The number of H-pyrrole nitrogens is 1. The maximum atomic E-state index is 13.1. The zero-order chi connectivity index (χ0) is 24.3. The standard InChI is InChI=1S/C31H35N3O2/c35-31-27(26-20-23(13-14-29(26)33-31)22-8-3-1-4-9-22)21-30-25(11-7-15-34-16-18-36-19-17-34)24-10-5-2-6-12-28(24)32-30/h1,3-4,8-9,13-14,20-21,32H,2,5-7,10-12,15-19H2,(H,33,35)/b27-21-. The van der Waals surface area contributed by atoms with Gasteiger partial charge in [0.1, 0.15) is 0 Å². The van der Waals surface area contributed by atoms with E-state index in [9.17, 15) is 4.79 Å². The number of hydrogen-bond acceptors (Lipinski definition) is 3. The van der Waals surface area contributed by atoms with Gasteiger partial charge in [-0.25, -0.2) is 0 Å². The van der Waals surface area contributed by atoms with Gasteiger partial charge in [0, 0.05) is 35.7 Å².